The van der Waals surface area contributed by atoms with Crippen LogP contribution in [0.3, 0.4) is 0 Å². The Morgan fingerprint density at radius 2 is 2.06 bits per heavy atom. The topological polar surface area (TPSA) is 68.3 Å². The minimum absolute atomic E-state index is 0.00444. The predicted octanol–water partition coefficient (Wildman–Crippen LogP) is 0.614. The van der Waals surface area contributed by atoms with Crippen molar-refractivity contribution in [3.05, 3.63) is 28.7 Å². The van der Waals surface area contributed by atoms with Gasteiger partial charge in [-0.05, 0) is 31.9 Å². The molecule has 2 rings (SSSR count). The van der Waals surface area contributed by atoms with Crippen LogP contribution in [0.5, 0.6) is 0 Å². The molecule has 0 saturated carbocycles. The summed E-state index contributed by atoms with van der Waals surface area (Å²) in [6, 6.07) is 2.75. The summed E-state index contributed by atoms with van der Waals surface area (Å²) in [5.41, 5.74) is 5.43. The fourth-order valence-corrected chi connectivity index (χ4v) is 2.15. The fourth-order valence-electron chi connectivity index (χ4n) is 2.15. The molecule has 0 spiro atoms. The molecule has 2 N–H and O–H groups in total. The van der Waals surface area contributed by atoms with Crippen LogP contribution in [0.4, 0.5) is 5.69 Å². The van der Waals surface area contributed by atoms with Gasteiger partial charge in [0.25, 0.3) is 5.56 Å². The minimum atomic E-state index is -0.482. The summed E-state index contributed by atoms with van der Waals surface area (Å²) in [6.07, 6.45) is 3.70. The molecular formula is C12H17N3O2. The zero-order valence-corrected chi connectivity index (χ0v) is 9.93. The number of nitrogens with zero attached hydrogens (tertiary/aromatic N) is 2. The van der Waals surface area contributed by atoms with Crippen LogP contribution < -0.4 is 11.3 Å². The second-order valence-corrected chi connectivity index (χ2v) is 4.38. The van der Waals surface area contributed by atoms with Gasteiger partial charge in [-0.15, -0.1) is 0 Å². The maximum Gasteiger partial charge on any atom is 0.274 e. The third kappa shape index (κ3) is 2.18. The van der Waals surface area contributed by atoms with E-state index in [4.69, 9.17) is 5.73 Å². The lowest BCUT2D eigenvalue weighted by Crippen LogP contribution is -2.37. The van der Waals surface area contributed by atoms with E-state index in [1.54, 1.807) is 30.2 Å². The molecule has 5 heteroatoms. The van der Waals surface area contributed by atoms with Crippen LogP contribution >= 0.6 is 0 Å². The summed E-state index contributed by atoms with van der Waals surface area (Å²) < 4.78 is 1.40. The van der Waals surface area contributed by atoms with Crippen LogP contribution in [0.1, 0.15) is 25.8 Å². The Bertz CT molecular complexity index is 475. The smallest absolute Gasteiger partial charge is 0.274 e. The van der Waals surface area contributed by atoms with Crippen molar-refractivity contribution >= 4 is 11.6 Å². The number of nitrogens with two attached hydrogens (primary N) is 1. The van der Waals surface area contributed by atoms with Gasteiger partial charge in [0.1, 0.15) is 6.04 Å². The van der Waals surface area contributed by atoms with Gasteiger partial charge in [0.05, 0.1) is 5.69 Å². The number of amides is 1. The fraction of sp³-hybridized carbons (Fsp3) is 0.500. The number of aromatic nitrogens is 1. The van der Waals surface area contributed by atoms with E-state index in [1.165, 1.54) is 4.57 Å². The zero-order valence-electron chi connectivity index (χ0n) is 9.93. The second-order valence-electron chi connectivity index (χ2n) is 4.38. The van der Waals surface area contributed by atoms with Crippen molar-refractivity contribution in [1.29, 1.82) is 0 Å². The summed E-state index contributed by atoms with van der Waals surface area (Å²) in [4.78, 5) is 25.7. The molecule has 2 heterocycles. The summed E-state index contributed by atoms with van der Waals surface area (Å²) >= 11 is 0. The predicted molar refractivity (Wildman–Crippen MR) is 65.6 cm³/mol. The molecule has 0 aromatic carbocycles. The molecule has 0 bridgehead atoms. The highest BCUT2D eigenvalue weighted by Gasteiger charge is 2.24. The van der Waals surface area contributed by atoms with Gasteiger partial charge in [0.15, 0.2) is 0 Å². The first-order valence-corrected chi connectivity index (χ1v) is 5.86. The Balaban J connectivity index is 2.24. The Morgan fingerprint density at radius 1 is 1.41 bits per heavy atom. The van der Waals surface area contributed by atoms with E-state index in [0.29, 0.717) is 0 Å². The number of carbonyl (C=O) groups excluding carboxylic acids is 1. The number of carbonyl (C=O) groups is 1. The van der Waals surface area contributed by atoms with Gasteiger partial charge in [-0.1, -0.05) is 0 Å². The van der Waals surface area contributed by atoms with Crippen molar-refractivity contribution in [2.75, 3.05) is 18.8 Å². The monoisotopic (exact) mass is 235 g/mol. The van der Waals surface area contributed by atoms with Crippen LogP contribution in [0.2, 0.25) is 0 Å². The van der Waals surface area contributed by atoms with Crippen LogP contribution in [-0.2, 0) is 4.79 Å². The molecular weight excluding hydrogens is 218 g/mol. The van der Waals surface area contributed by atoms with Crippen LogP contribution in [-0.4, -0.2) is 28.5 Å². The Morgan fingerprint density at radius 3 is 2.71 bits per heavy atom. The lowest BCUT2D eigenvalue weighted by Gasteiger charge is -2.21. The third-order valence-electron chi connectivity index (χ3n) is 3.20. The van der Waals surface area contributed by atoms with Crippen molar-refractivity contribution in [2.45, 2.75) is 25.8 Å². The van der Waals surface area contributed by atoms with Gasteiger partial charge >= 0.3 is 0 Å². The van der Waals surface area contributed by atoms with Crippen LogP contribution in [0, 0.1) is 0 Å². The Hall–Kier alpha value is -1.78. The largest absolute Gasteiger partial charge is 0.394 e. The molecule has 1 saturated heterocycles. The first kappa shape index (κ1) is 11.7. The van der Waals surface area contributed by atoms with E-state index < -0.39 is 6.04 Å². The van der Waals surface area contributed by atoms with Gasteiger partial charge < -0.3 is 15.2 Å². The molecule has 1 aliphatic rings. The van der Waals surface area contributed by atoms with Gasteiger partial charge in [-0.25, -0.2) is 0 Å². The molecule has 17 heavy (non-hydrogen) atoms. The summed E-state index contributed by atoms with van der Waals surface area (Å²) in [7, 11) is 0. The maximum atomic E-state index is 12.1. The zero-order chi connectivity index (χ0) is 12.4. The van der Waals surface area contributed by atoms with E-state index in [-0.39, 0.29) is 17.2 Å². The highest BCUT2D eigenvalue weighted by atomic mass is 16.2. The first-order valence-electron chi connectivity index (χ1n) is 5.86. The summed E-state index contributed by atoms with van der Waals surface area (Å²) in [6.45, 7) is 3.32. The molecule has 1 aromatic rings. The maximum absolute atomic E-state index is 12.1. The van der Waals surface area contributed by atoms with Crippen molar-refractivity contribution in [2.24, 2.45) is 0 Å². The van der Waals surface area contributed by atoms with Crippen molar-refractivity contribution in [3.63, 3.8) is 0 Å². The number of anilines is 1. The molecule has 1 unspecified atom stereocenters. The molecule has 1 amide bonds. The highest BCUT2D eigenvalue weighted by molar-refractivity contribution is 5.80. The van der Waals surface area contributed by atoms with Crippen LogP contribution in [0.15, 0.2) is 23.1 Å². The van der Waals surface area contributed by atoms with Crippen LogP contribution in [0.25, 0.3) is 0 Å². The normalized spacial score (nSPS) is 17.1. The molecule has 0 radical (unpaired) electrons. The lowest BCUT2D eigenvalue weighted by molar-refractivity contribution is -0.133. The molecule has 0 aliphatic carbocycles. The lowest BCUT2D eigenvalue weighted by atomic mass is 10.2. The molecule has 5 nitrogen and oxygen atoms in total. The minimum Gasteiger partial charge on any atom is -0.394 e. The van der Waals surface area contributed by atoms with E-state index in [9.17, 15) is 9.59 Å². The SMILES string of the molecule is CC(C(=O)N1CCCC1)n1cccc(N)c1=O. The number of pyridine rings is 1. The molecule has 1 fully saturated rings. The number of rotatable bonds is 2. The molecule has 1 atom stereocenters. The van der Waals surface area contributed by atoms with Gasteiger partial charge in [-0.2, -0.15) is 0 Å². The molecule has 1 aromatic heterocycles. The van der Waals surface area contributed by atoms with Crippen molar-refractivity contribution < 1.29 is 4.79 Å². The van der Waals surface area contributed by atoms with Crippen molar-refractivity contribution in [3.8, 4) is 0 Å². The quantitative estimate of drug-likeness (QED) is 0.816. The highest BCUT2D eigenvalue weighted by Crippen LogP contribution is 2.14. The third-order valence-corrected chi connectivity index (χ3v) is 3.20. The second kappa shape index (κ2) is 4.61. The summed E-state index contributed by atoms with van der Waals surface area (Å²) in [5.74, 6) is -0.00444. The molecule has 92 valence electrons. The van der Waals surface area contributed by atoms with Crippen molar-refractivity contribution in [1.82, 2.24) is 9.47 Å². The van der Waals surface area contributed by atoms with E-state index in [2.05, 4.69) is 0 Å². The Labute approximate surface area is 99.8 Å². The number of nitrogen functional groups attached to an aromatic ring is 1. The van der Waals surface area contributed by atoms with Gasteiger partial charge in [0.2, 0.25) is 5.91 Å². The van der Waals surface area contributed by atoms with E-state index >= 15 is 0 Å². The summed E-state index contributed by atoms with van der Waals surface area (Å²) in [5, 5.41) is 0. The van der Waals surface area contributed by atoms with Gasteiger partial charge in [0, 0.05) is 19.3 Å². The van der Waals surface area contributed by atoms with Gasteiger partial charge in [-0.3, -0.25) is 9.59 Å². The number of hydrogen-bond acceptors (Lipinski definition) is 3. The molecule has 1 aliphatic heterocycles. The van der Waals surface area contributed by atoms with E-state index in [0.717, 1.165) is 25.9 Å². The standard InChI is InChI=1S/C12H17N3O2/c1-9(11(16)14-6-2-3-7-14)15-8-4-5-10(13)12(15)17/h4-5,8-9H,2-3,6-7,13H2,1H3. The number of hydrogen-bond donors (Lipinski definition) is 1. The average Bonchev–Trinajstić information content (AvgIpc) is 2.84. The average molecular weight is 235 g/mol. The first-order chi connectivity index (χ1) is 8.11. The Kier molecular flexibility index (Phi) is 3.17. The number of likely N-dealkylation sites (tertiary alicyclic amines) is 1. The van der Waals surface area contributed by atoms with E-state index in [1.807, 2.05) is 0 Å².